The molecule has 3 nitrogen and oxygen atoms in total. The number of hydrogen-bond acceptors (Lipinski definition) is 3. The van der Waals surface area contributed by atoms with Crippen LogP contribution in [0.5, 0.6) is 0 Å². The summed E-state index contributed by atoms with van der Waals surface area (Å²) in [6.07, 6.45) is 7.39. The Labute approximate surface area is 107 Å². The minimum atomic E-state index is 0.615. The number of nitrogens with one attached hydrogen (secondary N) is 1. The summed E-state index contributed by atoms with van der Waals surface area (Å²) >= 11 is 0. The van der Waals surface area contributed by atoms with E-state index in [2.05, 4.69) is 33.7 Å². The van der Waals surface area contributed by atoms with Crippen molar-refractivity contribution in [3.63, 3.8) is 0 Å². The predicted octanol–water partition coefficient (Wildman–Crippen LogP) is 3.23. The Kier molecular flexibility index (Phi) is 2.25. The lowest BCUT2D eigenvalue weighted by Crippen LogP contribution is -2.26. The van der Waals surface area contributed by atoms with Crippen LogP contribution in [0, 0.1) is 11.8 Å². The lowest BCUT2D eigenvalue weighted by molar-refractivity contribution is 0.439. The second kappa shape index (κ2) is 3.94. The first kappa shape index (κ1) is 10.3. The van der Waals surface area contributed by atoms with E-state index in [0.29, 0.717) is 6.04 Å². The summed E-state index contributed by atoms with van der Waals surface area (Å²) < 4.78 is 0. The Morgan fingerprint density at radius 3 is 2.89 bits per heavy atom. The molecule has 2 aliphatic carbocycles. The minimum absolute atomic E-state index is 0.615. The highest BCUT2D eigenvalue weighted by Gasteiger charge is 2.39. The highest BCUT2D eigenvalue weighted by atomic mass is 15.2. The van der Waals surface area contributed by atoms with Crippen LogP contribution >= 0.6 is 0 Å². The van der Waals surface area contributed by atoms with Gasteiger partial charge in [-0.25, -0.2) is 0 Å². The Hall–Kier alpha value is -1.64. The van der Waals surface area contributed by atoms with Gasteiger partial charge in [-0.05, 0) is 31.1 Å². The van der Waals surface area contributed by atoms with Crippen LogP contribution in [-0.4, -0.2) is 16.2 Å². The molecule has 2 bridgehead atoms. The average Bonchev–Trinajstić information content (AvgIpc) is 3.01. The van der Waals surface area contributed by atoms with E-state index in [-0.39, 0.29) is 0 Å². The van der Waals surface area contributed by atoms with Crippen LogP contribution in [0.2, 0.25) is 0 Å². The van der Waals surface area contributed by atoms with Crippen molar-refractivity contribution >= 4 is 16.6 Å². The SMILES string of the molecule is c1ccc2c(NC3CC4CCC3C4)nncc2c1. The van der Waals surface area contributed by atoms with Crippen LogP contribution in [0.25, 0.3) is 10.8 Å². The Morgan fingerprint density at radius 1 is 1.11 bits per heavy atom. The molecule has 1 aromatic heterocycles. The van der Waals surface area contributed by atoms with Crippen LogP contribution in [0.3, 0.4) is 0 Å². The van der Waals surface area contributed by atoms with Crippen molar-refractivity contribution in [3.05, 3.63) is 30.5 Å². The summed E-state index contributed by atoms with van der Waals surface area (Å²) in [6, 6.07) is 8.94. The van der Waals surface area contributed by atoms with Crippen LogP contribution in [-0.2, 0) is 0 Å². The van der Waals surface area contributed by atoms with Crippen LogP contribution < -0.4 is 5.32 Å². The number of anilines is 1. The van der Waals surface area contributed by atoms with Crippen molar-refractivity contribution in [2.45, 2.75) is 31.7 Å². The van der Waals surface area contributed by atoms with Gasteiger partial charge in [0.2, 0.25) is 0 Å². The fourth-order valence-electron chi connectivity index (χ4n) is 3.73. The molecule has 0 spiro atoms. The average molecular weight is 239 g/mol. The maximum atomic E-state index is 4.29. The Morgan fingerprint density at radius 2 is 2.06 bits per heavy atom. The monoisotopic (exact) mass is 239 g/mol. The standard InChI is InChI=1S/C15H17N3/c1-2-4-13-12(3-1)9-16-18-15(13)17-14-8-10-5-6-11(14)7-10/h1-4,9-11,14H,5-8H2,(H,17,18). The molecule has 1 heterocycles. The van der Waals surface area contributed by atoms with Crippen LogP contribution in [0.4, 0.5) is 5.82 Å². The summed E-state index contributed by atoms with van der Waals surface area (Å²) in [7, 11) is 0. The van der Waals surface area contributed by atoms with Gasteiger partial charge in [-0.2, -0.15) is 5.10 Å². The second-order valence-corrected chi connectivity index (χ2v) is 5.71. The number of nitrogens with zero attached hydrogens (tertiary/aromatic N) is 2. The van der Waals surface area contributed by atoms with Gasteiger partial charge in [0.05, 0.1) is 6.20 Å². The predicted molar refractivity (Wildman–Crippen MR) is 72.4 cm³/mol. The molecule has 2 aromatic rings. The molecule has 2 fully saturated rings. The van der Waals surface area contributed by atoms with E-state index in [0.717, 1.165) is 23.0 Å². The molecule has 0 radical (unpaired) electrons. The molecule has 18 heavy (non-hydrogen) atoms. The molecule has 1 aromatic carbocycles. The van der Waals surface area contributed by atoms with Crippen molar-refractivity contribution in [1.82, 2.24) is 10.2 Å². The van der Waals surface area contributed by atoms with Gasteiger partial charge >= 0.3 is 0 Å². The van der Waals surface area contributed by atoms with Gasteiger partial charge in [0.25, 0.3) is 0 Å². The first-order chi connectivity index (χ1) is 8.90. The van der Waals surface area contributed by atoms with Gasteiger partial charge in [-0.3, -0.25) is 0 Å². The molecule has 0 aliphatic heterocycles. The normalized spacial score (nSPS) is 29.9. The molecule has 3 heteroatoms. The maximum absolute atomic E-state index is 4.29. The van der Waals surface area contributed by atoms with Crippen molar-refractivity contribution in [3.8, 4) is 0 Å². The highest BCUT2D eigenvalue weighted by molar-refractivity contribution is 5.90. The third-order valence-corrected chi connectivity index (χ3v) is 4.63. The number of rotatable bonds is 2. The number of benzene rings is 1. The fourth-order valence-corrected chi connectivity index (χ4v) is 3.73. The quantitative estimate of drug-likeness (QED) is 0.874. The van der Waals surface area contributed by atoms with Crippen molar-refractivity contribution in [1.29, 1.82) is 0 Å². The van der Waals surface area contributed by atoms with E-state index < -0.39 is 0 Å². The van der Waals surface area contributed by atoms with Gasteiger partial charge in [0.15, 0.2) is 5.82 Å². The third-order valence-electron chi connectivity index (χ3n) is 4.63. The van der Waals surface area contributed by atoms with Crippen molar-refractivity contribution in [2.75, 3.05) is 5.32 Å². The molecular formula is C15H17N3. The maximum Gasteiger partial charge on any atom is 0.156 e. The summed E-state index contributed by atoms with van der Waals surface area (Å²) in [5.41, 5.74) is 0. The molecule has 3 atom stereocenters. The lowest BCUT2D eigenvalue weighted by atomic mass is 9.95. The lowest BCUT2D eigenvalue weighted by Gasteiger charge is -2.23. The Bertz CT molecular complexity index is 575. The van der Waals surface area contributed by atoms with Crippen LogP contribution in [0.15, 0.2) is 30.5 Å². The van der Waals surface area contributed by atoms with E-state index in [1.54, 1.807) is 0 Å². The van der Waals surface area contributed by atoms with Gasteiger partial charge in [0.1, 0.15) is 0 Å². The van der Waals surface area contributed by atoms with E-state index in [4.69, 9.17) is 0 Å². The van der Waals surface area contributed by atoms with E-state index in [1.807, 2.05) is 12.3 Å². The first-order valence-electron chi connectivity index (χ1n) is 6.87. The molecule has 1 N–H and O–H groups in total. The number of hydrogen-bond donors (Lipinski definition) is 1. The molecule has 3 unspecified atom stereocenters. The van der Waals surface area contributed by atoms with E-state index in [9.17, 15) is 0 Å². The topological polar surface area (TPSA) is 37.8 Å². The van der Waals surface area contributed by atoms with Crippen molar-refractivity contribution in [2.24, 2.45) is 11.8 Å². The third kappa shape index (κ3) is 1.57. The molecule has 4 rings (SSSR count). The smallest absolute Gasteiger partial charge is 0.156 e. The molecule has 2 saturated carbocycles. The van der Waals surface area contributed by atoms with Gasteiger partial charge in [-0.15, -0.1) is 5.10 Å². The van der Waals surface area contributed by atoms with E-state index >= 15 is 0 Å². The van der Waals surface area contributed by atoms with Gasteiger partial charge in [0, 0.05) is 16.8 Å². The molecular weight excluding hydrogens is 222 g/mol. The summed E-state index contributed by atoms with van der Waals surface area (Å²) in [6.45, 7) is 0. The second-order valence-electron chi connectivity index (χ2n) is 5.71. The molecule has 2 aliphatic rings. The van der Waals surface area contributed by atoms with Gasteiger partial charge < -0.3 is 5.32 Å². The zero-order chi connectivity index (χ0) is 11.9. The zero-order valence-corrected chi connectivity index (χ0v) is 10.3. The molecule has 92 valence electrons. The Balaban J connectivity index is 1.67. The van der Waals surface area contributed by atoms with Crippen molar-refractivity contribution < 1.29 is 0 Å². The summed E-state index contributed by atoms with van der Waals surface area (Å²) in [5.74, 6) is 2.77. The molecule has 0 saturated heterocycles. The zero-order valence-electron chi connectivity index (χ0n) is 10.3. The number of aromatic nitrogens is 2. The molecule has 0 amide bonds. The summed E-state index contributed by atoms with van der Waals surface area (Å²) in [5, 5.41) is 14.4. The van der Waals surface area contributed by atoms with E-state index in [1.165, 1.54) is 31.1 Å². The highest BCUT2D eigenvalue weighted by Crippen LogP contribution is 2.45. The minimum Gasteiger partial charge on any atom is -0.365 e. The number of fused-ring (bicyclic) bond motifs is 3. The van der Waals surface area contributed by atoms with Crippen LogP contribution in [0.1, 0.15) is 25.7 Å². The largest absolute Gasteiger partial charge is 0.365 e. The summed E-state index contributed by atoms with van der Waals surface area (Å²) in [4.78, 5) is 0. The first-order valence-corrected chi connectivity index (χ1v) is 6.87. The fraction of sp³-hybridized carbons (Fsp3) is 0.467. The van der Waals surface area contributed by atoms with Gasteiger partial charge in [-0.1, -0.05) is 30.7 Å².